The summed E-state index contributed by atoms with van der Waals surface area (Å²) in [6.45, 7) is -0.417. The summed E-state index contributed by atoms with van der Waals surface area (Å²) in [6.07, 6.45) is 1.35. The number of aromatic carboxylic acids is 1. The quantitative estimate of drug-likeness (QED) is 0.639. The van der Waals surface area contributed by atoms with Gasteiger partial charge >= 0.3 is 5.97 Å². The Morgan fingerprint density at radius 3 is 2.70 bits per heavy atom. The van der Waals surface area contributed by atoms with Gasteiger partial charge in [-0.05, 0) is 24.3 Å². The second kappa shape index (κ2) is 7.55. The summed E-state index contributed by atoms with van der Waals surface area (Å²) in [5, 5.41) is 8.68. The first-order valence-corrected chi connectivity index (χ1v) is 7.96. The lowest BCUT2D eigenvalue weighted by Crippen LogP contribution is -2.06. The number of nitrogens with zero attached hydrogens (tertiary/aromatic N) is 2. The second-order valence-corrected chi connectivity index (χ2v) is 5.82. The number of nitrogen functional groups attached to an aromatic ring is 1. The van der Waals surface area contributed by atoms with E-state index in [4.69, 9.17) is 27.2 Å². The van der Waals surface area contributed by atoms with Crippen LogP contribution in [0.25, 0.3) is 11.3 Å². The number of ether oxygens (including phenoxy) is 1. The van der Waals surface area contributed by atoms with Gasteiger partial charge in [-0.3, -0.25) is 0 Å². The lowest BCUT2D eigenvalue weighted by Gasteiger charge is -2.11. The van der Waals surface area contributed by atoms with Crippen molar-refractivity contribution >= 4 is 23.4 Å². The molecular weight excluding hydrogens is 380 g/mol. The number of carboxylic acids is 1. The van der Waals surface area contributed by atoms with E-state index >= 15 is 0 Å². The van der Waals surface area contributed by atoms with Gasteiger partial charge in [0.1, 0.15) is 18.2 Å². The molecule has 9 heteroatoms. The standard InChI is InChI=1S/C18H12ClF2N3O3/c19-15-11(12(20)4-5-13(15)21)8-27-17-16(22)23-7-14(24-17)9-2-1-3-10(6-9)18(25)26/h1-7H,8H2,(H2,22,23)(H,25,26). The van der Waals surface area contributed by atoms with E-state index in [-0.39, 0.29) is 22.8 Å². The maximum Gasteiger partial charge on any atom is 0.335 e. The van der Waals surface area contributed by atoms with Crippen LogP contribution in [0.1, 0.15) is 15.9 Å². The molecule has 0 aliphatic heterocycles. The molecule has 0 atom stereocenters. The fraction of sp³-hybridized carbons (Fsp3) is 0.0556. The number of rotatable bonds is 5. The predicted octanol–water partition coefficient (Wildman–Crippen LogP) is 3.93. The molecule has 3 rings (SSSR count). The van der Waals surface area contributed by atoms with E-state index in [2.05, 4.69) is 9.97 Å². The van der Waals surface area contributed by atoms with Gasteiger partial charge < -0.3 is 15.6 Å². The van der Waals surface area contributed by atoms with E-state index in [1.54, 1.807) is 12.1 Å². The van der Waals surface area contributed by atoms with Gasteiger partial charge in [0.05, 0.1) is 22.5 Å². The van der Waals surface area contributed by atoms with Crippen molar-refractivity contribution < 1.29 is 23.4 Å². The molecule has 0 amide bonds. The van der Waals surface area contributed by atoms with Crippen molar-refractivity contribution in [3.8, 4) is 17.1 Å². The Balaban J connectivity index is 1.90. The topological polar surface area (TPSA) is 98.3 Å². The first-order chi connectivity index (χ1) is 12.9. The zero-order valence-electron chi connectivity index (χ0n) is 13.6. The van der Waals surface area contributed by atoms with Gasteiger partial charge in [0.15, 0.2) is 5.82 Å². The van der Waals surface area contributed by atoms with Crippen molar-refractivity contribution in [2.45, 2.75) is 6.61 Å². The van der Waals surface area contributed by atoms with E-state index in [0.29, 0.717) is 11.3 Å². The average molecular weight is 392 g/mol. The summed E-state index contributed by atoms with van der Waals surface area (Å²) in [6, 6.07) is 7.88. The van der Waals surface area contributed by atoms with Crippen LogP contribution in [0.5, 0.6) is 5.88 Å². The minimum Gasteiger partial charge on any atom is -0.478 e. The molecule has 0 saturated heterocycles. The van der Waals surface area contributed by atoms with Gasteiger partial charge in [-0.1, -0.05) is 23.7 Å². The Morgan fingerprint density at radius 2 is 1.96 bits per heavy atom. The Kier molecular flexibility index (Phi) is 5.18. The summed E-state index contributed by atoms with van der Waals surface area (Å²) in [5.74, 6) is -2.80. The highest BCUT2D eigenvalue weighted by Gasteiger charge is 2.15. The lowest BCUT2D eigenvalue weighted by molar-refractivity contribution is 0.0697. The molecule has 138 valence electrons. The Labute approximate surface area is 157 Å². The third kappa shape index (κ3) is 3.95. The molecule has 0 fully saturated rings. The normalized spacial score (nSPS) is 10.6. The molecule has 0 spiro atoms. The predicted molar refractivity (Wildman–Crippen MR) is 94.5 cm³/mol. The number of carbonyl (C=O) groups is 1. The zero-order valence-corrected chi connectivity index (χ0v) is 14.4. The maximum absolute atomic E-state index is 13.8. The Bertz CT molecular complexity index is 1030. The largest absolute Gasteiger partial charge is 0.478 e. The molecule has 0 bridgehead atoms. The Hall–Kier alpha value is -3.26. The molecule has 0 aliphatic rings. The number of halogens is 3. The van der Waals surface area contributed by atoms with Crippen molar-refractivity contribution in [3.63, 3.8) is 0 Å². The molecule has 0 saturated carbocycles. The highest BCUT2D eigenvalue weighted by atomic mass is 35.5. The number of carboxylic acid groups (broad SMARTS) is 1. The maximum atomic E-state index is 13.8. The SMILES string of the molecule is Nc1ncc(-c2cccc(C(=O)O)c2)nc1OCc1c(F)ccc(F)c1Cl. The van der Waals surface area contributed by atoms with Gasteiger partial charge in [0, 0.05) is 11.1 Å². The van der Waals surface area contributed by atoms with E-state index in [9.17, 15) is 13.6 Å². The van der Waals surface area contributed by atoms with Crippen LogP contribution < -0.4 is 10.5 Å². The summed E-state index contributed by atoms with van der Waals surface area (Å²) < 4.78 is 32.7. The zero-order chi connectivity index (χ0) is 19.6. The summed E-state index contributed by atoms with van der Waals surface area (Å²) in [5.41, 5.74) is 6.38. The van der Waals surface area contributed by atoms with Crippen LogP contribution in [0.3, 0.4) is 0 Å². The molecule has 0 unspecified atom stereocenters. The van der Waals surface area contributed by atoms with Crippen LogP contribution in [-0.4, -0.2) is 21.0 Å². The van der Waals surface area contributed by atoms with Crippen LogP contribution in [0, 0.1) is 11.6 Å². The van der Waals surface area contributed by atoms with E-state index < -0.39 is 29.2 Å². The van der Waals surface area contributed by atoms with E-state index in [0.717, 1.165) is 12.1 Å². The molecule has 2 aromatic carbocycles. The molecule has 6 nitrogen and oxygen atoms in total. The number of hydrogen-bond donors (Lipinski definition) is 2. The molecule has 27 heavy (non-hydrogen) atoms. The summed E-state index contributed by atoms with van der Waals surface area (Å²) in [7, 11) is 0. The molecule has 0 radical (unpaired) electrons. The van der Waals surface area contributed by atoms with Crippen molar-refractivity contribution in [3.05, 3.63) is 70.4 Å². The van der Waals surface area contributed by atoms with Crippen molar-refractivity contribution in [2.75, 3.05) is 5.73 Å². The van der Waals surface area contributed by atoms with E-state index in [1.807, 2.05) is 0 Å². The number of nitrogens with two attached hydrogens (primary N) is 1. The first-order valence-electron chi connectivity index (χ1n) is 7.58. The van der Waals surface area contributed by atoms with Crippen LogP contribution in [0.4, 0.5) is 14.6 Å². The molecule has 1 heterocycles. The van der Waals surface area contributed by atoms with Gasteiger partial charge in [-0.25, -0.2) is 23.5 Å². The molecule has 1 aromatic heterocycles. The molecule has 3 aromatic rings. The van der Waals surface area contributed by atoms with Crippen LogP contribution in [-0.2, 0) is 6.61 Å². The average Bonchev–Trinajstić information content (AvgIpc) is 2.66. The summed E-state index contributed by atoms with van der Waals surface area (Å²) >= 11 is 5.76. The third-order valence-electron chi connectivity index (χ3n) is 3.66. The monoisotopic (exact) mass is 391 g/mol. The first kappa shape index (κ1) is 18.5. The number of aromatic nitrogens is 2. The smallest absolute Gasteiger partial charge is 0.335 e. The fourth-order valence-corrected chi connectivity index (χ4v) is 2.49. The van der Waals surface area contributed by atoms with Gasteiger partial charge in [-0.2, -0.15) is 0 Å². The highest BCUT2D eigenvalue weighted by molar-refractivity contribution is 6.31. The second-order valence-electron chi connectivity index (χ2n) is 5.44. The van der Waals surface area contributed by atoms with Crippen molar-refractivity contribution in [2.24, 2.45) is 0 Å². The number of anilines is 1. The number of benzene rings is 2. The van der Waals surface area contributed by atoms with Crippen LogP contribution >= 0.6 is 11.6 Å². The summed E-state index contributed by atoms with van der Waals surface area (Å²) in [4.78, 5) is 19.2. The number of hydrogen-bond acceptors (Lipinski definition) is 5. The van der Waals surface area contributed by atoms with Crippen molar-refractivity contribution in [1.29, 1.82) is 0 Å². The van der Waals surface area contributed by atoms with Gasteiger partial charge in [-0.15, -0.1) is 0 Å². The molecular formula is C18H12ClF2N3O3. The Morgan fingerprint density at radius 1 is 1.22 bits per heavy atom. The molecule has 0 aliphatic carbocycles. The van der Waals surface area contributed by atoms with Gasteiger partial charge in [0.2, 0.25) is 0 Å². The van der Waals surface area contributed by atoms with Crippen LogP contribution in [0.15, 0.2) is 42.6 Å². The van der Waals surface area contributed by atoms with E-state index in [1.165, 1.54) is 18.3 Å². The third-order valence-corrected chi connectivity index (χ3v) is 4.07. The fourth-order valence-electron chi connectivity index (χ4n) is 2.28. The minimum absolute atomic E-state index is 0.0685. The highest BCUT2D eigenvalue weighted by Crippen LogP contribution is 2.27. The molecule has 3 N–H and O–H groups in total. The minimum atomic E-state index is -1.09. The lowest BCUT2D eigenvalue weighted by atomic mass is 10.1. The van der Waals surface area contributed by atoms with Gasteiger partial charge in [0.25, 0.3) is 5.88 Å². The van der Waals surface area contributed by atoms with Crippen LogP contribution in [0.2, 0.25) is 5.02 Å². The van der Waals surface area contributed by atoms with Crippen molar-refractivity contribution in [1.82, 2.24) is 9.97 Å².